The van der Waals surface area contributed by atoms with Gasteiger partial charge in [-0.2, -0.15) is 0 Å². The van der Waals surface area contributed by atoms with Crippen LogP contribution in [0.3, 0.4) is 0 Å². The van der Waals surface area contributed by atoms with Gasteiger partial charge in [-0.25, -0.2) is 0 Å². The van der Waals surface area contributed by atoms with Crippen molar-refractivity contribution < 1.29 is 9.21 Å². The number of likely N-dealkylation sites (tertiary alicyclic amines) is 1. The molecule has 1 aromatic heterocycles. The number of furan rings is 1. The molecule has 1 aliphatic heterocycles. The van der Waals surface area contributed by atoms with E-state index in [9.17, 15) is 4.79 Å². The van der Waals surface area contributed by atoms with Crippen LogP contribution in [0.1, 0.15) is 30.6 Å². The van der Waals surface area contributed by atoms with E-state index in [2.05, 4.69) is 29.2 Å². The minimum atomic E-state index is 0.254. The first-order valence-corrected chi connectivity index (χ1v) is 7.69. The van der Waals surface area contributed by atoms with Gasteiger partial charge in [0.15, 0.2) is 0 Å². The standard InChI is InChI=1S/C18H21NO2/c20-18(11-10-17-9-5-13-21-17)19-12-4-8-16(19)14-15-6-2-1-3-7-15/h1-3,5-7,9,13,16H,4,8,10-12,14H2. The molecule has 3 heteroatoms. The Bertz CT molecular complexity index is 562. The minimum Gasteiger partial charge on any atom is -0.469 e. The number of hydrogen-bond acceptors (Lipinski definition) is 2. The Morgan fingerprint density at radius 3 is 2.81 bits per heavy atom. The molecule has 1 aliphatic rings. The molecule has 0 aliphatic carbocycles. The van der Waals surface area contributed by atoms with Gasteiger partial charge in [0.2, 0.25) is 5.91 Å². The van der Waals surface area contributed by atoms with Crippen LogP contribution in [0.15, 0.2) is 53.1 Å². The number of hydrogen-bond donors (Lipinski definition) is 0. The van der Waals surface area contributed by atoms with Crippen LogP contribution in [0.25, 0.3) is 0 Å². The lowest BCUT2D eigenvalue weighted by Gasteiger charge is -2.25. The van der Waals surface area contributed by atoms with E-state index in [-0.39, 0.29) is 5.91 Å². The highest BCUT2D eigenvalue weighted by Crippen LogP contribution is 2.22. The van der Waals surface area contributed by atoms with Crippen LogP contribution >= 0.6 is 0 Å². The number of carbonyl (C=O) groups excluding carboxylic acids is 1. The zero-order chi connectivity index (χ0) is 14.5. The van der Waals surface area contributed by atoms with Crippen LogP contribution in [-0.4, -0.2) is 23.4 Å². The second-order valence-corrected chi connectivity index (χ2v) is 5.65. The summed E-state index contributed by atoms with van der Waals surface area (Å²) in [6.45, 7) is 0.897. The molecule has 1 aromatic carbocycles. The summed E-state index contributed by atoms with van der Waals surface area (Å²) in [5.41, 5.74) is 1.31. The predicted molar refractivity (Wildman–Crippen MR) is 81.9 cm³/mol. The average molecular weight is 283 g/mol. The molecule has 1 amide bonds. The summed E-state index contributed by atoms with van der Waals surface area (Å²) in [4.78, 5) is 14.5. The fraction of sp³-hybridized carbons (Fsp3) is 0.389. The normalized spacial score (nSPS) is 18.1. The molecular formula is C18H21NO2. The van der Waals surface area contributed by atoms with Crippen LogP contribution in [0.5, 0.6) is 0 Å². The Labute approximate surface area is 125 Å². The fourth-order valence-electron chi connectivity index (χ4n) is 3.09. The van der Waals surface area contributed by atoms with Crippen LogP contribution in [0.2, 0.25) is 0 Å². The van der Waals surface area contributed by atoms with Gasteiger partial charge in [0.05, 0.1) is 6.26 Å². The largest absolute Gasteiger partial charge is 0.469 e. The summed E-state index contributed by atoms with van der Waals surface area (Å²) < 4.78 is 5.30. The molecule has 1 unspecified atom stereocenters. The number of carbonyl (C=O) groups is 1. The smallest absolute Gasteiger partial charge is 0.223 e. The summed E-state index contributed by atoms with van der Waals surface area (Å²) in [7, 11) is 0. The second kappa shape index (κ2) is 6.61. The van der Waals surface area contributed by atoms with Gasteiger partial charge < -0.3 is 9.32 Å². The van der Waals surface area contributed by atoms with Crippen molar-refractivity contribution >= 4 is 5.91 Å². The van der Waals surface area contributed by atoms with Gasteiger partial charge >= 0.3 is 0 Å². The van der Waals surface area contributed by atoms with E-state index < -0.39 is 0 Å². The van der Waals surface area contributed by atoms with Gasteiger partial charge in [-0.1, -0.05) is 30.3 Å². The van der Waals surface area contributed by atoms with Crippen LogP contribution < -0.4 is 0 Å². The van der Waals surface area contributed by atoms with Crippen molar-refractivity contribution in [1.82, 2.24) is 4.90 Å². The van der Waals surface area contributed by atoms with Gasteiger partial charge in [0.25, 0.3) is 0 Å². The van der Waals surface area contributed by atoms with Crippen LogP contribution in [-0.2, 0) is 17.6 Å². The molecule has 2 aromatic rings. The number of benzene rings is 1. The van der Waals surface area contributed by atoms with Gasteiger partial charge in [0.1, 0.15) is 5.76 Å². The average Bonchev–Trinajstić information content (AvgIpc) is 3.17. The monoisotopic (exact) mass is 283 g/mol. The third kappa shape index (κ3) is 3.54. The Balaban J connectivity index is 1.57. The second-order valence-electron chi connectivity index (χ2n) is 5.65. The maximum atomic E-state index is 12.4. The lowest BCUT2D eigenvalue weighted by molar-refractivity contribution is -0.132. The van der Waals surface area contributed by atoms with Gasteiger partial charge in [-0.05, 0) is 37.0 Å². The van der Waals surface area contributed by atoms with Crippen LogP contribution in [0.4, 0.5) is 0 Å². The number of aryl methyl sites for hydroxylation is 1. The molecule has 0 radical (unpaired) electrons. The van der Waals surface area contributed by atoms with E-state index in [0.29, 0.717) is 18.9 Å². The van der Waals surface area contributed by atoms with Crippen molar-refractivity contribution in [1.29, 1.82) is 0 Å². The minimum absolute atomic E-state index is 0.254. The van der Waals surface area contributed by atoms with E-state index in [0.717, 1.165) is 31.6 Å². The van der Waals surface area contributed by atoms with E-state index in [1.807, 2.05) is 18.2 Å². The predicted octanol–water partition coefficient (Wildman–Crippen LogP) is 3.45. The van der Waals surface area contributed by atoms with Gasteiger partial charge in [0, 0.05) is 25.4 Å². The van der Waals surface area contributed by atoms with E-state index in [1.165, 1.54) is 5.56 Å². The number of rotatable bonds is 5. The highest BCUT2D eigenvalue weighted by molar-refractivity contribution is 5.77. The number of nitrogens with zero attached hydrogens (tertiary/aromatic N) is 1. The molecule has 1 saturated heterocycles. The molecule has 0 N–H and O–H groups in total. The Kier molecular flexibility index (Phi) is 4.39. The summed E-state index contributed by atoms with van der Waals surface area (Å²) in [5, 5.41) is 0. The van der Waals surface area contributed by atoms with Crippen molar-refractivity contribution in [2.45, 2.75) is 38.1 Å². The Morgan fingerprint density at radius 1 is 1.19 bits per heavy atom. The molecule has 21 heavy (non-hydrogen) atoms. The molecule has 1 atom stereocenters. The van der Waals surface area contributed by atoms with Gasteiger partial charge in [-0.15, -0.1) is 0 Å². The molecule has 110 valence electrons. The summed E-state index contributed by atoms with van der Waals surface area (Å²) in [6, 6.07) is 14.6. The molecule has 0 bridgehead atoms. The number of amides is 1. The lowest BCUT2D eigenvalue weighted by Crippen LogP contribution is -2.36. The van der Waals surface area contributed by atoms with E-state index in [4.69, 9.17) is 4.42 Å². The molecule has 0 saturated carbocycles. The maximum absolute atomic E-state index is 12.4. The molecular weight excluding hydrogens is 262 g/mol. The third-order valence-electron chi connectivity index (χ3n) is 4.18. The quantitative estimate of drug-likeness (QED) is 0.842. The maximum Gasteiger partial charge on any atom is 0.223 e. The van der Waals surface area contributed by atoms with Crippen molar-refractivity contribution in [3.05, 3.63) is 60.1 Å². The summed E-state index contributed by atoms with van der Waals surface area (Å²) in [5.74, 6) is 1.15. The molecule has 0 spiro atoms. The topological polar surface area (TPSA) is 33.5 Å². The van der Waals surface area contributed by atoms with Crippen molar-refractivity contribution in [3.63, 3.8) is 0 Å². The fourth-order valence-corrected chi connectivity index (χ4v) is 3.09. The summed E-state index contributed by atoms with van der Waals surface area (Å²) >= 11 is 0. The Hall–Kier alpha value is -2.03. The third-order valence-corrected chi connectivity index (χ3v) is 4.18. The van der Waals surface area contributed by atoms with Crippen molar-refractivity contribution in [2.24, 2.45) is 0 Å². The highest BCUT2D eigenvalue weighted by atomic mass is 16.3. The first-order chi connectivity index (χ1) is 10.3. The van der Waals surface area contributed by atoms with E-state index in [1.54, 1.807) is 6.26 Å². The first-order valence-electron chi connectivity index (χ1n) is 7.69. The van der Waals surface area contributed by atoms with Crippen molar-refractivity contribution in [3.8, 4) is 0 Å². The molecule has 2 heterocycles. The lowest BCUT2D eigenvalue weighted by atomic mass is 10.0. The van der Waals surface area contributed by atoms with Gasteiger partial charge in [-0.3, -0.25) is 4.79 Å². The molecule has 3 rings (SSSR count). The van der Waals surface area contributed by atoms with Crippen LogP contribution in [0, 0.1) is 0 Å². The zero-order valence-corrected chi connectivity index (χ0v) is 12.2. The SMILES string of the molecule is O=C(CCc1ccco1)N1CCCC1Cc1ccccc1. The Morgan fingerprint density at radius 2 is 2.05 bits per heavy atom. The first kappa shape index (κ1) is 13.9. The zero-order valence-electron chi connectivity index (χ0n) is 12.2. The highest BCUT2D eigenvalue weighted by Gasteiger charge is 2.28. The summed E-state index contributed by atoms with van der Waals surface area (Å²) in [6.07, 6.45) is 6.09. The molecule has 1 fully saturated rings. The van der Waals surface area contributed by atoms with E-state index >= 15 is 0 Å². The molecule has 3 nitrogen and oxygen atoms in total. The van der Waals surface area contributed by atoms with Crippen molar-refractivity contribution in [2.75, 3.05) is 6.54 Å².